The number of hydrogen-bond donors (Lipinski definition) is 2. The topological polar surface area (TPSA) is 49.3 Å². The van der Waals surface area contributed by atoms with Crippen LogP contribution in [0, 0.1) is 19.7 Å². The molecular formula is C14H20FNO2. The van der Waals surface area contributed by atoms with Crippen LogP contribution in [0.3, 0.4) is 0 Å². The standard InChI is InChI=1S/C14H20FNO2/c1-5-14(4,8-17)16-13(18)11-6-9(2)12(15)10(3)7-11/h6-7,17H,5,8H2,1-4H3,(H,16,18)/t14-/m1/s1. The van der Waals surface area contributed by atoms with E-state index in [1.807, 2.05) is 6.92 Å². The molecule has 0 saturated carbocycles. The number of aliphatic hydroxyl groups excluding tert-OH is 1. The second-order valence-electron chi connectivity index (χ2n) is 4.95. The van der Waals surface area contributed by atoms with Crippen LogP contribution in [0.5, 0.6) is 0 Å². The normalized spacial score (nSPS) is 14.1. The summed E-state index contributed by atoms with van der Waals surface area (Å²) in [5, 5.41) is 12.0. The molecule has 1 rings (SSSR count). The van der Waals surface area contributed by atoms with Crippen LogP contribution in [0.15, 0.2) is 12.1 Å². The van der Waals surface area contributed by atoms with Crippen molar-refractivity contribution in [2.45, 2.75) is 39.7 Å². The predicted molar refractivity (Wildman–Crippen MR) is 69.1 cm³/mol. The van der Waals surface area contributed by atoms with Crippen LogP contribution in [0.1, 0.15) is 41.8 Å². The summed E-state index contributed by atoms with van der Waals surface area (Å²) in [7, 11) is 0. The van der Waals surface area contributed by atoms with Gasteiger partial charge in [-0.15, -0.1) is 0 Å². The van der Waals surface area contributed by atoms with Gasteiger partial charge >= 0.3 is 0 Å². The smallest absolute Gasteiger partial charge is 0.251 e. The molecule has 0 aliphatic heterocycles. The van der Waals surface area contributed by atoms with Crippen LogP contribution in [0.4, 0.5) is 4.39 Å². The van der Waals surface area contributed by atoms with Crippen molar-refractivity contribution in [3.05, 3.63) is 34.6 Å². The molecule has 0 radical (unpaired) electrons. The molecule has 3 nitrogen and oxygen atoms in total. The number of rotatable bonds is 4. The van der Waals surface area contributed by atoms with E-state index in [1.165, 1.54) is 12.1 Å². The van der Waals surface area contributed by atoms with Gasteiger partial charge in [0.15, 0.2) is 0 Å². The first kappa shape index (κ1) is 14.6. The molecule has 0 aromatic heterocycles. The molecule has 0 spiro atoms. The zero-order valence-electron chi connectivity index (χ0n) is 11.3. The second kappa shape index (κ2) is 5.48. The summed E-state index contributed by atoms with van der Waals surface area (Å²) >= 11 is 0. The quantitative estimate of drug-likeness (QED) is 0.865. The highest BCUT2D eigenvalue weighted by atomic mass is 19.1. The number of amides is 1. The fourth-order valence-corrected chi connectivity index (χ4v) is 1.66. The van der Waals surface area contributed by atoms with Crippen molar-refractivity contribution in [2.24, 2.45) is 0 Å². The van der Waals surface area contributed by atoms with Crippen molar-refractivity contribution in [1.82, 2.24) is 5.32 Å². The lowest BCUT2D eigenvalue weighted by atomic mass is 9.98. The Morgan fingerprint density at radius 3 is 2.28 bits per heavy atom. The molecule has 0 aliphatic carbocycles. The van der Waals surface area contributed by atoms with Gasteiger partial charge in [0.25, 0.3) is 5.91 Å². The molecule has 18 heavy (non-hydrogen) atoms. The average Bonchev–Trinajstić information content (AvgIpc) is 2.35. The highest BCUT2D eigenvalue weighted by Gasteiger charge is 2.24. The first-order valence-corrected chi connectivity index (χ1v) is 6.03. The summed E-state index contributed by atoms with van der Waals surface area (Å²) in [4.78, 5) is 12.0. The summed E-state index contributed by atoms with van der Waals surface area (Å²) in [5.41, 5.74) is 0.664. The van der Waals surface area contributed by atoms with Crippen molar-refractivity contribution in [2.75, 3.05) is 6.61 Å². The van der Waals surface area contributed by atoms with Crippen molar-refractivity contribution in [3.8, 4) is 0 Å². The van der Waals surface area contributed by atoms with Crippen LogP contribution in [-0.4, -0.2) is 23.2 Å². The number of benzene rings is 1. The number of nitrogens with one attached hydrogen (secondary N) is 1. The molecule has 1 amide bonds. The lowest BCUT2D eigenvalue weighted by Gasteiger charge is -2.27. The van der Waals surface area contributed by atoms with E-state index in [9.17, 15) is 14.3 Å². The molecule has 1 aromatic carbocycles. The first-order chi connectivity index (χ1) is 8.33. The SMILES string of the molecule is CC[C@](C)(CO)NC(=O)c1cc(C)c(F)c(C)c1. The zero-order valence-corrected chi connectivity index (χ0v) is 11.3. The van der Waals surface area contributed by atoms with E-state index in [-0.39, 0.29) is 18.3 Å². The Bertz CT molecular complexity index is 430. The number of aliphatic hydroxyl groups is 1. The number of hydrogen-bond acceptors (Lipinski definition) is 2. The second-order valence-corrected chi connectivity index (χ2v) is 4.95. The maximum Gasteiger partial charge on any atom is 0.251 e. The molecule has 0 heterocycles. The monoisotopic (exact) mass is 253 g/mol. The van der Waals surface area contributed by atoms with Crippen LogP contribution < -0.4 is 5.32 Å². The fourth-order valence-electron chi connectivity index (χ4n) is 1.66. The van der Waals surface area contributed by atoms with Gasteiger partial charge in [0.05, 0.1) is 12.1 Å². The number of carbonyl (C=O) groups excluding carboxylic acids is 1. The van der Waals surface area contributed by atoms with E-state index in [0.29, 0.717) is 23.1 Å². The van der Waals surface area contributed by atoms with Gasteiger partial charge in [0.2, 0.25) is 0 Å². The first-order valence-electron chi connectivity index (χ1n) is 6.03. The van der Waals surface area contributed by atoms with Gasteiger partial charge in [-0.3, -0.25) is 4.79 Å². The Labute approximate surface area is 107 Å². The van der Waals surface area contributed by atoms with E-state index < -0.39 is 5.54 Å². The lowest BCUT2D eigenvalue weighted by Crippen LogP contribution is -2.48. The molecule has 0 aliphatic rings. The predicted octanol–water partition coefficient (Wildman–Crippen LogP) is 2.33. The van der Waals surface area contributed by atoms with E-state index in [2.05, 4.69) is 5.32 Å². The van der Waals surface area contributed by atoms with E-state index in [4.69, 9.17) is 0 Å². The summed E-state index contributed by atoms with van der Waals surface area (Å²) in [6.07, 6.45) is 0.619. The van der Waals surface area contributed by atoms with E-state index in [0.717, 1.165) is 0 Å². The fraction of sp³-hybridized carbons (Fsp3) is 0.500. The van der Waals surface area contributed by atoms with Crippen LogP contribution in [0.25, 0.3) is 0 Å². The lowest BCUT2D eigenvalue weighted by molar-refractivity contribution is 0.0847. The Morgan fingerprint density at radius 1 is 1.39 bits per heavy atom. The third-order valence-electron chi connectivity index (χ3n) is 3.24. The van der Waals surface area contributed by atoms with Crippen molar-refractivity contribution in [3.63, 3.8) is 0 Å². The maximum absolute atomic E-state index is 13.5. The Morgan fingerprint density at radius 2 is 1.89 bits per heavy atom. The minimum absolute atomic E-state index is 0.131. The van der Waals surface area contributed by atoms with Crippen molar-refractivity contribution >= 4 is 5.91 Å². The van der Waals surface area contributed by atoms with Gasteiger partial charge in [0.1, 0.15) is 5.82 Å². The van der Waals surface area contributed by atoms with Crippen LogP contribution in [-0.2, 0) is 0 Å². The Kier molecular flexibility index (Phi) is 4.46. The third-order valence-corrected chi connectivity index (χ3v) is 3.24. The molecule has 4 heteroatoms. The van der Waals surface area contributed by atoms with Gasteiger partial charge in [-0.1, -0.05) is 6.92 Å². The Balaban J connectivity index is 2.98. The maximum atomic E-state index is 13.5. The Hall–Kier alpha value is -1.42. The molecule has 1 atom stereocenters. The molecule has 0 bridgehead atoms. The largest absolute Gasteiger partial charge is 0.394 e. The molecule has 1 aromatic rings. The van der Waals surface area contributed by atoms with Crippen molar-refractivity contribution < 1.29 is 14.3 Å². The summed E-state index contributed by atoms with van der Waals surface area (Å²) < 4.78 is 13.5. The minimum atomic E-state index is -0.646. The highest BCUT2D eigenvalue weighted by molar-refractivity contribution is 5.95. The summed E-state index contributed by atoms with van der Waals surface area (Å²) in [5.74, 6) is -0.577. The van der Waals surface area contributed by atoms with Gasteiger partial charge in [-0.2, -0.15) is 0 Å². The number of halogens is 1. The van der Waals surface area contributed by atoms with E-state index in [1.54, 1.807) is 20.8 Å². The zero-order chi connectivity index (χ0) is 13.9. The van der Waals surface area contributed by atoms with Gasteiger partial charge in [-0.25, -0.2) is 4.39 Å². The molecular weight excluding hydrogens is 233 g/mol. The van der Waals surface area contributed by atoms with E-state index >= 15 is 0 Å². The number of aryl methyl sites for hydroxylation is 2. The molecule has 100 valence electrons. The van der Waals surface area contributed by atoms with Crippen LogP contribution in [0.2, 0.25) is 0 Å². The molecule has 0 unspecified atom stereocenters. The highest BCUT2D eigenvalue weighted by Crippen LogP contribution is 2.16. The summed E-state index contributed by atoms with van der Waals surface area (Å²) in [6.45, 7) is 6.79. The minimum Gasteiger partial charge on any atom is -0.394 e. The molecule has 0 saturated heterocycles. The number of carbonyl (C=O) groups is 1. The molecule has 0 fully saturated rings. The summed E-state index contributed by atoms with van der Waals surface area (Å²) in [6, 6.07) is 3.04. The van der Waals surface area contributed by atoms with Gasteiger partial charge in [0, 0.05) is 5.56 Å². The van der Waals surface area contributed by atoms with Crippen LogP contribution >= 0.6 is 0 Å². The van der Waals surface area contributed by atoms with Gasteiger partial charge < -0.3 is 10.4 Å². The average molecular weight is 253 g/mol. The third kappa shape index (κ3) is 3.07. The molecule has 2 N–H and O–H groups in total. The van der Waals surface area contributed by atoms with Gasteiger partial charge in [-0.05, 0) is 50.5 Å². The van der Waals surface area contributed by atoms with Crippen molar-refractivity contribution in [1.29, 1.82) is 0 Å².